The van der Waals surface area contributed by atoms with Crippen molar-refractivity contribution in [1.82, 2.24) is 14.7 Å². The Morgan fingerprint density at radius 2 is 1.79 bits per heavy atom. The van der Waals surface area contributed by atoms with Crippen LogP contribution >= 0.6 is 0 Å². The fraction of sp³-hybridized carbons (Fsp3) is 0.389. The van der Waals surface area contributed by atoms with Gasteiger partial charge in [0.1, 0.15) is 11.8 Å². The molecule has 0 bridgehead atoms. The topological polar surface area (TPSA) is 64.4 Å². The minimum Gasteiger partial charge on any atom is -0.497 e. The molecule has 0 N–H and O–H groups in total. The van der Waals surface area contributed by atoms with Gasteiger partial charge in [0.2, 0.25) is 5.91 Å². The van der Waals surface area contributed by atoms with Crippen LogP contribution in [0.15, 0.2) is 41.2 Å². The predicted molar refractivity (Wildman–Crippen MR) is 93.1 cm³/mol. The molecule has 1 unspecified atom stereocenters. The zero-order chi connectivity index (χ0) is 17.7. The number of likely N-dealkylation sites (N-methyl/N-ethyl adjacent to an activating group) is 1. The van der Waals surface area contributed by atoms with Gasteiger partial charge in [-0.05, 0) is 51.1 Å². The van der Waals surface area contributed by atoms with Crippen LogP contribution in [0.25, 0.3) is 11.3 Å². The number of benzene rings is 1. The number of rotatable bonds is 6. The van der Waals surface area contributed by atoms with E-state index < -0.39 is 6.04 Å². The fourth-order valence-corrected chi connectivity index (χ4v) is 2.52. The van der Waals surface area contributed by atoms with Crippen molar-refractivity contribution >= 4 is 5.91 Å². The zero-order valence-corrected chi connectivity index (χ0v) is 14.5. The molecule has 1 heterocycles. The van der Waals surface area contributed by atoms with Gasteiger partial charge in [-0.3, -0.25) is 9.59 Å². The van der Waals surface area contributed by atoms with E-state index in [0.717, 1.165) is 11.3 Å². The summed E-state index contributed by atoms with van der Waals surface area (Å²) in [5.41, 5.74) is 1.20. The molecule has 0 aliphatic heterocycles. The van der Waals surface area contributed by atoms with Crippen molar-refractivity contribution in [2.75, 3.05) is 20.2 Å². The van der Waals surface area contributed by atoms with Crippen LogP contribution in [0.3, 0.4) is 0 Å². The van der Waals surface area contributed by atoms with Crippen LogP contribution in [0, 0.1) is 0 Å². The molecule has 2 rings (SSSR count). The number of carbonyl (C=O) groups excluding carboxylic acids is 1. The number of carbonyl (C=O) groups is 1. The van der Waals surface area contributed by atoms with Crippen LogP contribution in [-0.2, 0) is 4.79 Å². The number of nitrogens with zero attached hydrogens (tertiary/aromatic N) is 3. The first-order valence-corrected chi connectivity index (χ1v) is 8.04. The lowest BCUT2D eigenvalue weighted by molar-refractivity contribution is -0.134. The van der Waals surface area contributed by atoms with Crippen LogP contribution < -0.4 is 10.3 Å². The second kappa shape index (κ2) is 7.77. The van der Waals surface area contributed by atoms with Gasteiger partial charge in [0.15, 0.2) is 0 Å². The molecule has 1 aromatic carbocycles. The minimum absolute atomic E-state index is 0.110. The molecule has 0 fully saturated rings. The van der Waals surface area contributed by atoms with Crippen molar-refractivity contribution in [1.29, 1.82) is 0 Å². The number of ether oxygens (including phenoxy) is 1. The number of methoxy groups -OCH3 is 1. The summed E-state index contributed by atoms with van der Waals surface area (Å²) in [4.78, 5) is 26.4. The van der Waals surface area contributed by atoms with Gasteiger partial charge in [-0.1, -0.05) is 0 Å². The summed E-state index contributed by atoms with van der Waals surface area (Å²) in [6, 6.07) is 9.86. The summed E-state index contributed by atoms with van der Waals surface area (Å²) < 4.78 is 6.39. The first-order chi connectivity index (χ1) is 11.5. The Kier molecular flexibility index (Phi) is 5.73. The highest BCUT2D eigenvalue weighted by atomic mass is 16.5. The Balaban J connectivity index is 2.37. The summed E-state index contributed by atoms with van der Waals surface area (Å²) in [6.07, 6.45) is 0. The van der Waals surface area contributed by atoms with Gasteiger partial charge < -0.3 is 9.64 Å². The summed E-state index contributed by atoms with van der Waals surface area (Å²) in [5.74, 6) is 0.638. The molecule has 6 nitrogen and oxygen atoms in total. The summed E-state index contributed by atoms with van der Waals surface area (Å²) in [6.45, 7) is 6.74. The lowest BCUT2D eigenvalue weighted by atomic mass is 10.1. The Morgan fingerprint density at radius 1 is 1.17 bits per heavy atom. The van der Waals surface area contributed by atoms with Crippen molar-refractivity contribution in [3.63, 3.8) is 0 Å². The molecule has 24 heavy (non-hydrogen) atoms. The van der Waals surface area contributed by atoms with Gasteiger partial charge in [0.05, 0.1) is 12.8 Å². The first-order valence-electron chi connectivity index (χ1n) is 8.04. The molecule has 128 valence electrons. The Hall–Kier alpha value is -2.63. The SMILES string of the molecule is CCN(CC)C(=O)C(C)n1nc(-c2ccc(OC)cc2)ccc1=O. The second-order valence-electron chi connectivity index (χ2n) is 5.42. The van der Waals surface area contributed by atoms with E-state index in [4.69, 9.17) is 4.74 Å². The Bertz CT molecular complexity index is 749. The lowest BCUT2D eigenvalue weighted by Crippen LogP contribution is -2.39. The van der Waals surface area contributed by atoms with Crippen molar-refractivity contribution in [2.45, 2.75) is 26.8 Å². The third kappa shape index (κ3) is 3.64. The molecule has 0 spiro atoms. The molecule has 0 radical (unpaired) electrons. The standard InChI is InChI=1S/C18H23N3O3/c1-5-20(6-2)18(23)13(3)21-17(22)12-11-16(19-21)14-7-9-15(24-4)10-8-14/h7-13H,5-6H2,1-4H3. The highest BCUT2D eigenvalue weighted by molar-refractivity contribution is 5.80. The van der Waals surface area contributed by atoms with E-state index in [0.29, 0.717) is 18.8 Å². The van der Waals surface area contributed by atoms with Gasteiger partial charge in [0.25, 0.3) is 5.56 Å². The van der Waals surface area contributed by atoms with Crippen molar-refractivity contribution in [3.05, 3.63) is 46.8 Å². The quantitative estimate of drug-likeness (QED) is 0.816. The average molecular weight is 329 g/mol. The molecule has 1 atom stereocenters. The van der Waals surface area contributed by atoms with E-state index in [-0.39, 0.29) is 11.5 Å². The number of amides is 1. The normalized spacial score (nSPS) is 11.8. The third-order valence-electron chi connectivity index (χ3n) is 4.01. The van der Waals surface area contributed by atoms with Gasteiger partial charge in [-0.15, -0.1) is 0 Å². The number of aromatic nitrogens is 2. The zero-order valence-electron chi connectivity index (χ0n) is 14.5. The monoisotopic (exact) mass is 329 g/mol. The molecule has 0 aliphatic carbocycles. The van der Waals surface area contributed by atoms with Crippen LogP contribution in [-0.4, -0.2) is 40.8 Å². The lowest BCUT2D eigenvalue weighted by Gasteiger charge is -2.23. The fourth-order valence-electron chi connectivity index (χ4n) is 2.52. The van der Waals surface area contributed by atoms with E-state index in [1.54, 1.807) is 25.0 Å². The van der Waals surface area contributed by atoms with Gasteiger partial charge in [-0.2, -0.15) is 5.10 Å². The second-order valence-corrected chi connectivity index (χ2v) is 5.42. The smallest absolute Gasteiger partial charge is 0.267 e. The minimum atomic E-state index is -0.643. The average Bonchev–Trinajstić information content (AvgIpc) is 2.62. The Labute approximate surface area is 141 Å². The maximum atomic E-state index is 12.5. The molecule has 1 aromatic heterocycles. The molecule has 6 heteroatoms. The molecule has 0 saturated heterocycles. The van der Waals surface area contributed by atoms with Crippen molar-refractivity contribution in [3.8, 4) is 17.0 Å². The predicted octanol–water partition coefficient (Wildman–Crippen LogP) is 2.35. The van der Waals surface area contributed by atoms with E-state index in [1.807, 2.05) is 38.1 Å². The van der Waals surface area contributed by atoms with Gasteiger partial charge in [0, 0.05) is 24.7 Å². The van der Waals surface area contributed by atoms with E-state index in [9.17, 15) is 9.59 Å². The molecule has 0 saturated carbocycles. The largest absolute Gasteiger partial charge is 0.497 e. The van der Waals surface area contributed by atoms with Crippen LogP contribution in [0.4, 0.5) is 0 Å². The van der Waals surface area contributed by atoms with Crippen LogP contribution in [0.2, 0.25) is 0 Å². The first kappa shape index (κ1) is 17.7. The van der Waals surface area contributed by atoms with Gasteiger partial charge in [-0.25, -0.2) is 4.68 Å². The highest BCUT2D eigenvalue weighted by Gasteiger charge is 2.22. The highest BCUT2D eigenvalue weighted by Crippen LogP contribution is 2.20. The van der Waals surface area contributed by atoms with Crippen LogP contribution in [0.1, 0.15) is 26.8 Å². The molecular weight excluding hydrogens is 306 g/mol. The maximum absolute atomic E-state index is 12.5. The van der Waals surface area contributed by atoms with Crippen molar-refractivity contribution < 1.29 is 9.53 Å². The Morgan fingerprint density at radius 3 is 2.33 bits per heavy atom. The molecule has 1 amide bonds. The molecular formula is C18H23N3O3. The summed E-state index contributed by atoms with van der Waals surface area (Å²) in [7, 11) is 1.61. The molecule has 0 aliphatic rings. The van der Waals surface area contributed by atoms with Crippen molar-refractivity contribution in [2.24, 2.45) is 0 Å². The number of hydrogen-bond acceptors (Lipinski definition) is 4. The van der Waals surface area contributed by atoms with E-state index in [1.165, 1.54) is 10.7 Å². The maximum Gasteiger partial charge on any atom is 0.267 e. The third-order valence-corrected chi connectivity index (χ3v) is 4.01. The number of hydrogen-bond donors (Lipinski definition) is 0. The van der Waals surface area contributed by atoms with Gasteiger partial charge >= 0.3 is 0 Å². The van der Waals surface area contributed by atoms with E-state index in [2.05, 4.69) is 5.10 Å². The summed E-state index contributed by atoms with van der Waals surface area (Å²) >= 11 is 0. The summed E-state index contributed by atoms with van der Waals surface area (Å²) in [5, 5.41) is 4.39. The van der Waals surface area contributed by atoms with E-state index >= 15 is 0 Å². The van der Waals surface area contributed by atoms with Crippen LogP contribution in [0.5, 0.6) is 5.75 Å². The molecule has 2 aromatic rings.